The van der Waals surface area contributed by atoms with Crippen LogP contribution >= 0.6 is 0 Å². The van der Waals surface area contributed by atoms with Crippen LogP contribution in [0.2, 0.25) is 0 Å². The molecule has 0 amide bonds. The summed E-state index contributed by atoms with van der Waals surface area (Å²) in [6, 6.07) is 0. The molecule has 1 heterocycles. The van der Waals surface area contributed by atoms with Gasteiger partial charge < -0.3 is 10.2 Å². The average molecular weight is 156 g/mol. The van der Waals surface area contributed by atoms with Gasteiger partial charge in [0.25, 0.3) is 0 Å². The molecule has 1 aliphatic heterocycles. The summed E-state index contributed by atoms with van der Waals surface area (Å²) in [6.07, 6.45) is 1.99. The molecule has 0 radical (unpaired) electrons. The minimum atomic E-state index is 0.156. The largest absolute Gasteiger partial charge is 0.384 e. The zero-order chi connectivity index (χ0) is 8.32. The lowest BCUT2D eigenvalue weighted by molar-refractivity contribution is 0.207. The first-order chi connectivity index (χ1) is 5.14. The van der Waals surface area contributed by atoms with Crippen LogP contribution in [0, 0.1) is 0 Å². The molecular weight excluding hydrogens is 140 g/mol. The maximum atomic E-state index is 4.96. The Bertz CT molecular complexity index is 163. The van der Waals surface area contributed by atoms with E-state index in [1.165, 1.54) is 5.71 Å². The first kappa shape index (κ1) is 8.53. The van der Waals surface area contributed by atoms with E-state index in [4.69, 9.17) is 4.74 Å². The fourth-order valence-corrected chi connectivity index (χ4v) is 1.18. The zero-order valence-electron chi connectivity index (χ0n) is 7.48. The average Bonchev–Trinajstić information content (AvgIpc) is 2.26. The van der Waals surface area contributed by atoms with E-state index in [0.29, 0.717) is 0 Å². The van der Waals surface area contributed by atoms with Crippen molar-refractivity contribution in [2.45, 2.75) is 32.2 Å². The Morgan fingerprint density at radius 3 is 2.82 bits per heavy atom. The molecule has 0 saturated heterocycles. The third-order valence-electron chi connectivity index (χ3n) is 1.76. The molecule has 0 unspecified atom stereocenters. The van der Waals surface area contributed by atoms with Crippen LogP contribution in [-0.2, 0) is 4.74 Å². The fourth-order valence-electron chi connectivity index (χ4n) is 1.18. The van der Waals surface area contributed by atoms with Gasteiger partial charge in [0.1, 0.15) is 0 Å². The van der Waals surface area contributed by atoms with E-state index in [1.807, 2.05) is 0 Å². The Labute approximate surface area is 67.8 Å². The fraction of sp³-hybridized carbons (Fsp3) is 0.875. The SMILES string of the molecule is COCCC1=NNC(C)(C)C1. The number of nitrogens with one attached hydrogen (secondary N) is 1. The van der Waals surface area contributed by atoms with E-state index in [2.05, 4.69) is 24.4 Å². The summed E-state index contributed by atoms with van der Waals surface area (Å²) in [5.74, 6) is 0. The Balaban J connectivity index is 2.29. The van der Waals surface area contributed by atoms with Gasteiger partial charge in [-0.2, -0.15) is 5.10 Å². The van der Waals surface area contributed by atoms with Crippen LogP contribution in [-0.4, -0.2) is 25.0 Å². The van der Waals surface area contributed by atoms with Gasteiger partial charge >= 0.3 is 0 Å². The van der Waals surface area contributed by atoms with Crippen molar-refractivity contribution in [2.24, 2.45) is 5.10 Å². The standard InChI is InChI=1S/C8H16N2O/c1-8(2)6-7(9-10-8)4-5-11-3/h10H,4-6H2,1-3H3. The highest BCUT2D eigenvalue weighted by Gasteiger charge is 2.24. The minimum Gasteiger partial charge on any atom is -0.384 e. The van der Waals surface area contributed by atoms with Crippen LogP contribution in [0.1, 0.15) is 26.7 Å². The lowest BCUT2D eigenvalue weighted by Gasteiger charge is -2.15. The number of hydrazone groups is 1. The monoisotopic (exact) mass is 156 g/mol. The molecule has 0 bridgehead atoms. The molecule has 0 saturated carbocycles. The predicted octanol–water partition coefficient (Wildman–Crippen LogP) is 1.15. The summed E-state index contributed by atoms with van der Waals surface area (Å²) in [7, 11) is 1.72. The summed E-state index contributed by atoms with van der Waals surface area (Å²) >= 11 is 0. The van der Waals surface area contributed by atoms with Gasteiger partial charge in [-0.15, -0.1) is 0 Å². The second-order valence-corrected chi connectivity index (χ2v) is 3.59. The van der Waals surface area contributed by atoms with Crippen molar-refractivity contribution in [3.63, 3.8) is 0 Å². The first-order valence-corrected chi connectivity index (χ1v) is 3.95. The van der Waals surface area contributed by atoms with Crippen LogP contribution in [0.25, 0.3) is 0 Å². The lowest BCUT2D eigenvalue weighted by atomic mass is 9.99. The molecule has 3 heteroatoms. The molecular formula is C8H16N2O. The molecule has 0 aromatic rings. The molecule has 0 fully saturated rings. The lowest BCUT2D eigenvalue weighted by Crippen LogP contribution is -2.30. The maximum Gasteiger partial charge on any atom is 0.0545 e. The number of ether oxygens (including phenoxy) is 1. The van der Waals surface area contributed by atoms with Gasteiger partial charge in [0.2, 0.25) is 0 Å². The quantitative estimate of drug-likeness (QED) is 0.665. The summed E-state index contributed by atoms with van der Waals surface area (Å²) in [6.45, 7) is 5.07. The van der Waals surface area contributed by atoms with Crippen molar-refractivity contribution >= 4 is 5.71 Å². The molecule has 0 aromatic heterocycles. The van der Waals surface area contributed by atoms with Crippen LogP contribution in [0.3, 0.4) is 0 Å². The number of rotatable bonds is 3. The van der Waals surface area contributed by atoms with E-state index in [0.717, 1.165) is 19.4 Å². The van der Waals surface area contributed by atoms with Gasteiger partial charge in [0.05, 0.1) is 12.1 Å². The molecule has 0 spiro atoms. The van der Waals surface area contributed by atoms with E-state index in [1.54, 1.807) is 7.11 Å². The third kappa shape index (κ3) is 2.50. The van der Waals surface area contributed by atoms with Gasteiger partial charge in [0.15, 0.2) is 0 Å². The number of hydrogen-bond acceptors (Lipinski definition) is 3. The minimum absolute atomic E-state index is 0.156. The molecule has 64 valence electrons. The van der Waals surface area contributed by atoms with Crippen LogP contribution < -0.4 is 5.43 Å². The summed E-state index contributed by atoms with van der Waals surface area (Å²) in [5.41, 5.74) is 4.46. The Kier molecular flexibility index (Phi) is 2.49. The zero-order valence-corrected chi connectivity index (χ0v) is 7.48. The van der Waals surface area contributed by atoms with Gasteiger partial charge in [-0.1, -0.05) is 0 Å². The summed E-state index contributed by atoms with van der Waals surface area (Å²) < 4.78 is 4.96. The number of methoxy groups -OCH3 is 1. The van der Waals surface area contributed by atoms with Crippen molar-refractivity contribution in [3.8, 4) is 0 Å². The first-order valence-electron chi connectivity index (χ1n) is 3.95. The smallest absolute Gasteiger partial charge is 0.0545 e. The Hall–Kier alpha value is -0.570. The molecule has 3 nitrogen and oxygen atoms in total. The van der Waals surface area contributed by atoms with Gasteiger partial charge in [-0.25, -0.2) is 0 Å². The molecule has 0 aromatic carbocycles. The van der Waals surface area contributed by atoms with Crippen molar-refractivity contribution in [1.29, 1.82) is 0 Å². The van der Waals surface area contributed by atoms with Crippen LogP contribution in [0.5, 0.6) is 0 Å². The predicted molar refractivity (Wildman–Crippen MR) is 45.8 cm³/mol. The van der Waals surface area contributed by atoms with E-state index < -0.39 is 0 Å². The van der Waals surface area contributed by atoms with Crippen molar-refractivity contribution < 1.29 is 4.74 Å². The van der Waals surface area contributed by atoms with Gasteiger partial charge in [-0.05, 0) is 13.8 Å². The van der Waals surface area contributed by atoms with E-state index >= 15 is 0 Å². The molecule has 0 aliphatic carbocycles. The summed E-state index contributed by atoms with van der Waals surface area (Å²) in [4.78, 5) is 0. The van der Waals surface area contributed by atoms with E-state index in [9.17, 15) is 0 Å². The normalized spacial score (nSPS) is 21.2. The number of hydrogen-bond donors (Lipinski definition) is 1. The molecule has 1 rings (SSSR count). The van der Waals surface area contributed by atoms with Crippen LogP contribution in [0.4, 0.5) is 0 Å². The molecule has 1 aliphatic rings. The van der Waals surface area contributed by atoms with Gasteiger partial charge in [0, 0.05) is 25.7 Å². The highest BCUT2D eigenvalue weighted by atomic mass is 16.5. The molecule has 11 heavy (non-hydrogen) atoms. The van der Waals surface area contributed by atoms with E-state index in [-0.39, 0.29) is 5.54 Å². The third-order valence-corrected chi connectivity index (χ3v) is 1.76. The topological polar surface area (TPSA) is 33.6 Å². The molecule has 0 atom stereocenters. The highest BCUT2D eigenvalue weighted by Crippen LogP contribution is 2.16. The summed E-state index contributed by atoms with van der Waals surface area (Å²) in [5, 5.41) is 4.21. The van der Waals surface area contributed by atoms with Gasteiger partial charge in [-0.3, -0.25) is 0 Å². The number of nitrogens with zero attached hydrogens (tertiary/aromatic N) is 1. The maximum absolute atomic E-state index is 4.96. The second kappa shape index (κ2) is 3.22. The van der Waals surface area contributed by atoms with Crippen molar-refractivity contribution in [1.82, 2.24) is 5.43 Å². The van der Waals surface area contributed by atoms with Crippen molar-refractivity contribution in [2.75, 3.05) is 13.7 Å². The Morgan fingerprint density at radius 2 is 2.36 bits per heavy atom. The second-order valence-electron chi connectivity index (χ2n) is 3.59. The Morgan fingerprint density at radius 1 is 1.64 bits per heavy atom. The van der Waals surface area contributed by atoms with Crippen LogP contribution in [0.15, 0.2) is 5.10 Å². The molecule has 1 N–H and O–H groups in total. The highest BCUT2D eigenvalue weighted by molar-refractivity contribution is 5.86. The van der Waals surface area contributed by atoms with Crippen molar-refractivity contribution in [3.05, 3.63) is 0 Å².